The zero-order chi connectivity index (χ0) is 23.6. The molecule has 0 fully saturated rings. The molecule has 0 spiro atoms. The summed E-state index contributed by atoms with van der Waals surface area (Å²) in [5, 5.41) is 5.18. The molecule has 35 heavy (non-hydrogen) atoms. The van der Waals surface area contributed by atoms with E-state index in [1.807, 2.05) is 0 Å². The van der Waals surface area contributed by atoms with Crippen LogP contribution >= 0.6 is 41.9 Å². The third-order valence-electron chi connectivity index (χ3n) is 7.00. The molecule has 0 aliphatic carbocycles. The lowest BCUT2D eigenvalue weighted by molar-refractivity contribution is 1.33. The van der Waals surface area contributed by atoms with Gasteiger partial charge in [0, 0.05) is 28.5 Å². The van der Waals surface area contributed by atoms with Crippen molar-refractivity contribution in [2.45, 2.75) is 19.6 Å². The Bertz CT molecular complexity index is 1640. The smallest absolute Gasteiger partial charge is 0.0186 e. The van der Waals surface area contributed by atoms with Crippen LogP contribution in [0.15, 0.2) is 150 Å². The summed E-state index contributed by atoms with van der Waals surface area (Å²) in [4.78, 5) is 5.58. The summed E-state index contributed by atoms with van der Waals surface area (Å²) in [6, 6.07) is 44.9. The molecule has 0 saturated heterocycles. The molecule has 0 atom stereocenters. The van der Waals surface area contributed by atoms with E-state index in [0.717, 1.165) is 8.95 Å². The van der Waals surface area contributed by atoms with Crippen LogP contribution in [0.3, 0.4) is 0 Å². The molecule has 3 heteroatoms. The van der Waals surface area contributed by atoms with E-state index in [-0.39, 0.29) is 0 Å². The highest BCUT2D eigenvalue weighted by molar-refractivity contribution is 9.10. The quantitative estimate of drug-likeness (QED) is 0.186. The van der Waals surface area contributed by atoms with Crippen molar-refractivity contribution in [1.82, 2.24) is 0 Å². The summed E-state index contributed by atoms with van der Waals surface area (Å²) in [5.41, 5.74) is 2.65. The van der Waals surface area contributed by atoms with E-state index in [0.29, 0.717) is 0 Å². The molecule has 168 valence electrons. The maximum Gasteiger partial charge on any atom is 0.0186 e. The molecule has 7 rings (SSSR count). The normalized spacial score (nSPS) is 14.6. The van der Waals surface area contributed by atoms with Gasteiger partial charge in [-0.3, -0.25) is 0 Å². The highest BCUT2D eigenvalue weighted by Gasteiger charge is 2.43. The van der Waals surface area contributed by atoms with Crippen molar-refractivity contribution in [2.24, 2.45) is 0 Å². The highest BCUT2D eigenvalue weighted by Crippen LogP contribution is 2.81. The number of fused-ring (bicyclic) bond motifs is 5. The Kier molecular flexibility index (Phi) is 4.96. The number of benzene rings is 6. The van der Waals surface area contributed by atoms with Gasteiger partial charge in [-0.05, 0) is 69.1 Å². The van der Waals surface area contributed by atoms with Gasteiger partial charge < -0.3 is 0 Å². The zero-order valence-electron chi connectivity index (χ0n) is 18.7. The predicted molar refractivity (Wildman–Crippen MR) is 156 cm³/mol. The summed E-state index contributed by atoms with van der Waals surface area (Å²) in [6.07, 6.45) is 0. The molecule has 6 aromatic carbocycles. The summed E-state index contributed by atoms with van der Waals surface area (Å²) in [5.74, 6) is 0. The Morgan fingerprint density at radius 3 is 1.31 bits per heavy atom. The number of hydrogen-bond donors (Lipinski definition) is 0. The van der Waals surface area contributed by atoms with Crippen LogP contribution in [0, 0.1) is 0 Å². The van der Waals surface area contributed by atoms with Crippen LogP contribution in [-0.4, -0.2) is 0 Å². The highest BCUT2D eigenvalue weighted by atomic mass is 79.9. The Morgan fingerprint density at radius 2 is 0.829 bits per heavy atom. The fourth-order valence-electron chi connectivity index (χ4n) is 5.58. The van der Waals surface area contributed by atoms with E-state index in [1.165, 1.54) is 52.3 Å². The van der Waals surface area contributed by atoms with Crippen LogP contribution in [-0.2, 0) is 0 Å². The van der Waals surface area contributed by atoms with Crippen LogP contribution in [0.2, 0.25) is 0 Å². The molecule has 0 bridgehead atoms. The van der Waals surface area contributed by atoms with Crippen LogP contribution in [0.4, 0.5) is 0 Å². The minimum Gasteiger partial charge on any atom is -0.130 e. The Morgan fingerprint density at radius 1 is 0.400 bits per heavy atom. The predicted octanol–water partition coefficient (Wildman–Crippen LogP) is 10.8. The average Bonchev–Trinajstić information content (AvgIpc) is 3.17. The van der Waals surface area contributed by atoms with Gasteiger partial charge in [-0.1, -0.05) is 117 Å². The van der Waals surface area contributed by atoms with E-state index < -0.39 is 10.0 Å². The SMILES string of the molecule is Brc1ccc2c(c1)S(c1cccc3ccccc13)(c1cccc3ccccc13)c1cc(Br)ccc1-2. The average molecular weight is 596 g/mol. The summed E-state index contributed by atoms with van der Waals surface area (Å²) in [6.45, 7) is 0. The van der Waals surface area contributed by atoms with Gasteiger partial charge >= 0.3 is 0 Å². The molecule has 0 aromatic heterocycles. The van der Waals surface area contributed by atoms with Gasteiger partial charge in [0.05, 0.1) is 0 Å². The van der Waals surface area contributed by atoms with E-state index in [2.05, 4.69) is 153 Å². The molecule has 0 amide bonds. The van der Waals surface area contributed by atoms with Crippen molar-refractivity contribution >= 4 is 63.4 Å². The van der Waals surface area contributed by atoms with Crippen LogP contribution in [0.25, 0.3) is 32.7 Å². The van der Waals surface area contributed by atoms with Gasteiger partial charge in [0.25, 0.3) is 0 Å². The Hall–Kier alpha value is -2.85. The number of hydrogen-bond acceptors (Lipinski definition) is 0. The van der Waals surface area contributed by atoms with Gasteiger partial charge in [-0.2, -0.15) is 0 Å². The topological polar surface area (TPSA) is 0 Å². The van der Waals surface area contributed by atoms with E-state index >= 15 is 0 Å². The van der Waals surface area contributed by atoms with Crippen LogP contribution < -0.4 is 0 Å². The third-order valence-corrected chi connectivity index (χ3v) is 12.0. The van der Waals surface area contributed by atoms with E-state index in [9.17, 15) is 0 Å². The first-order chi connectivity index (χ1) is 17.2. The molecule has 0 N–H and O–H groups in total. The fraction of sp³-hybridized carbons (Fsp3) is 0. The monoisotopic (exact) mass is 594 g/mol. The first-order valence-corrected chi connectivity index (χ1v) is 14.8. The second kappa shape index (κ2) is 8.09. The molecular formula is C32H20Br2S. The fourth-order valence-corrected chi connectivity index (χ4v) is 11.2. The first kappa shape index (κ1) is 21.4. The van der Waals surface area contributed by atoms with E-state index in [1.54, 1.807) is 0 Å². The number of halogens is 2. The van der Waals surface area contributed by atoms with Crippen molar-refractivity contribution < 1.29 is 0 Å². The summed E-state index contributed by atoms with van der Waals surface area (Å²) in [7, 11) is -1.80. The van der Waals surface area contributed by atoms with Crippen molar-refractivity contribution in [1.29, 1.82) is 0 Å². The molecule has 0 saturated carbocycles. The third kappa shape index (κ3) is 3.05. The van der Waals surface area contributed by atoms with Gasteiger partial charge in [0.15, 0.2) is 0 Å². The minimum atomic E-state index is -1.80. The lowest BCUT2D eigenvalue weighted by Gasteiger charge is -2.41. The van der Waals surface area contributed by atoms with Crippen LogP contribution in [0.5, 0.6) is 0 Å². The first-order valence-electron chi connectivity index (χ1n) is 11.6. The lowest BCUT2D eigenvalue weighted by atomic mass is 10.1. The number of rotatable bonds is 2. The molecule has 0 radical (unpaired) electrons. The van der Waals surface area contributed by atoms with Gasteiger partial charge in [-0.15, -0.1) is 10.0 Å². The second-order valence-electron chi connectivity index (χ2n) is 8.85. The molecule has 6 aromatic rings. The minimum absolute atomic E-state index is 1.11. The molecule has 1 heterocycles. The second-order valence-corrected chi connectivity index (χ2v) is 13.7. The van der Waals surface area contributed by atoms with Crippen molar-refractivity contribution in [3.05, 3.63) is 130 Å². The van der Waals surface area contributed by atoms with Crippen molar-refractivity contribution in [3.63, 3.8) is 0 Å². The molecule has 1 aliphatic heterocycles. The standard InChI is InChI=1S/C32H20Br2S/c33-23-15-17-27-28-18-16-24(34)20-32(28)35(31(27)19-23,29-13-5-9-21-7-1-3-11-25(21)29)30-14-6-10-22-8-2-4-12-26(22)30/h1-20H. The van der Waals surface area contributed by atoms with Gasteiger partial charge in [0.1, 0.15) is 0 Å². The molecule has 0 unspecified atom stereocenters. The maximum absolute atomic E-state index is 3.82. The van der Waals surface area contributed by atoms with Gasteiger partial charge in [0.2, 0.25) is 0 Å². The summed E-state index contributed by atoms with van der Waals surface area (Å²) >= 11 is 7.65. The maximum atomic E-state index is 3.82. The largest absolute Gasteiger partial charge is 0.130 e. The molecule has 0 nitrogen and oxygen atoms in total. The molecule has 1 aliphatic rings. The van der Waals surface area contributed by atoms with Crippen molar-refractivity contribution in [3.8, 4) is 11.1 Å². The summed E-state index contributed by atoms with van der Waals surface area (Å²) < 4.78 is 2.22. The van der Waals surface area contributed by atoms with Crippen LogP contribution in [0.1, 0.15) is 0 Å². The Labute approximate surface area is 223 Å². The van der Waals surface area contributed by atoms with Gasteiger partial charge in [-0.25, -0.2) is 0 Å². The lowest BCUT2D eigenvalue weighted by Crippen LogP contribution is -2.04. The van der Waals surface area contributed by atoms with Crippen molar-refractivity contribution in [2.75, 3.05) is 0 Å². The zero-order valence-corrected chi connectivity index (χ0v) is 22.7. The molecular weight excluding hydrogens is 576 g/mol. The Balaban J connectivity index is 1.77. The van der Waals surface area contributed by atoms with E-state index in [4.69, 9.17) is 0 Å².